The summed E-state index contributed by atoms with van der Waals surface area (Å²) in [5.41, 5.74) is 0. The smallest absolute Gasteiger partial charge is 0.141 e. The Kier molecular flexibility index (Phi) is 4.31. The van der Waals surface area contributed by atoms with Crippen LogP contribution in [0.15, 0.2) is 22.2 Å². The molecule has 0 radical (unpaired) electrons. The topological polar surface area (TPSA) is 42.7 Å². The molecule has 0 spiro atoms. The third kappa shape index (κ3) is 3.14. The fourth-order valence-electron chi connectivity index (χ4n) is 1.57. The molecule has 0 saturated heterocycles. The zero-order chi connectivity index (χ0) is 12.3. The summed E-state index contributed by atoms with van der Waals surface area (Å²) in [6.07, 6.45) is 1.61. The van der Waals surface area contributed by atoms with Gasteiger partial charge in [-0.1, -0.05) is 0 Å². The van der Waals surface area contributed by atoms with Crippen LogP contribution in [-0.2, 0) is 13.1 Å². The molecule has 92 valence electrons. The fraction of sp³-hybridized carbons (Fsp3) is 0.455. The van der Waals surface area contributed by atoms with E-state index in [-0.39, 0.29) is 0 Å². The molecule has 6 heteroatoms. The molecule has 2 heterocycles. The number of thiophene rings is 1. The molecule has 2 rings (SSSR count). The van der Waals surface area contributed by atoms with E-state index in [1.165, 1.54) is 9.35 Å². The highest BCUT2D eigenvalue weighted by atomic mass is 79.9. The van der Waals surface area contributed by atoms with Crippen LogP contribution in [0.1, 0.15) is 30.6 Å². The minimum atomic E-state index is 0.350. The highest BCUT2D eigenvalue weighted by molar-refractivity contribution is 9.10. The van der Waals surface area contributed by atoms with Crippen LogP contribution in [0.5, 0.6) is 0 Å². The lowest BCUT2D eigenvalue weighted by Gasteiger charge is -2.09. The van der Waals surface area contributed by atoms with Crippen LogP contribution >= 0.6 is 27.3 Å². The molecule has 1 N–H and O–H groups in total. The number of rotatable bonds is 5. The summed E-state index contributed by atoms with van der Waals surface area (Å²) < 4.78 is 3.11. The van der Waals surface area contributed by atoms with E-state index in [2.05, 4.69) is 56.6 Å². The number of nitrogens with one attached hydrogen (secondary N) is 1. The molecule has 0 fully saturated rings. The maximum atomic E-state index is 4.26. The van der Waals surface area contributed by atoms with E-state index >= 15 is 0 Å². The van der Waals surface area contributed by atoms with E-state index < -0.39 is 0 Å². The number of nitrogens with zero attached hydrogens (tertiary/aromatic N) is 3. The molecule has 0 bridgehead atoms. The molecule has 0 aromatic carbocycles. The average molecular weight is 315 g/mol. The second kappa shape index (κ2) is 5.75. The van der Waals surface area contributed by atoms with Crippen LogP contribution in [0.25, 0.3) is 0 Å². The van der Waals surface area contributed by atoms with Crippen molar-refractivity contribution in [3.8, 4) is 0 Å². The van der Waals surface area contributed by atoms with Gasteiger partial charge in [0.15, 0.2) is 0 Å². The Morgan fingerprint density at radius 1 is 1.47 bits per heavy atom. The quantitative estimate of drug-likeness (QED) is 0.922. The van der Waals surface area contributed by atoms with E-state index in [0.29, 0.717) is 6.04 Å². The van der Waals surface area contributed by atoms with Gasteiger partial charge in [-0.3, -0.25) is 0 Å². The second-order valence-electron chi connectivity index (χ2n) is 4.01. The Bertz CT molecular complexity index is 477. The van der Waals surface area contributed by atoms with E-state index in [1.807, 2.05) is 4.68 Å². The predicted molar refractivity (Wildman–Crippen MR) is 73.0 cm³/mol. The minimum absolute atomic E-state index is 0.350. The van der Waals surface area contributed by atoms with Gasteiger partial charge in [0, 0.05) is 21.9 Å². The van der Waals surface area contributed by atoms with Gasteiger partial charge in [0.25, 0.3) is 0 Å². The molecular formula is C11H15BrN4S. The van der Waals surface area contributed by atoms with Gasteiger partial charge in [-0.2, -0.15) is 5.10 Å². The van der Waals surface area contributed by atoms with E-state index in [4.69, 9.17) is 0 Å². The van der Waals surface area contributed by atoms with Crippen LogP contribution in [0.2, 0.25) is 0 Å². The van der Waals surface area contributed by atoms with Crippen LogP contribution in [0.3, 0.4) is 0 Å². The second-order valence-corrected chi connectivity index (χ2v) is 5.86. The lowest BCUT2D eigenvalue weighted by molar-refractivity contribution is 0.490. The number of hydrogen-bond donors (Lipinski definition) is 1. The van der Waals surface area contributed by atoms with Crippen molar-refractivity contribution < 1.29 is 0 Å². The van der Waals surface area contributed by atoms with Gasteiger partial charge >= 0.3 is 0 Å². The lowest BCUT2D eigenvalue weighted by atomic mass is 10.4. The molecule has 0 aliphatic rings. The first kappa shape index (κ1) is 12.7. The molecule has 0 saturated carbocycles. The summed E-state index contributed by atoms with van der Waals surface area (Å²) in [5.74, 6) is 0.979. The molecule has 2 aromatic rings. The van der Waals surface area contributed by atoms with Crippen LogP contribution in [-0.4, -0.2) is 14.8 Å². The van der Waals surface area contributed by atoms with E-state index in [0.717, 1.165) is 18.9 Å². The van der Waals surface area contributed by atoms with Crippen molar-refractivity contribution in [1.82, 2.24) is 20.1 Å². The van der Waals surface area contributed by atoms with Crippen molar-refractivity contribution in [2.75, 3.05) is 0 Å². The molecule has 17 heavy (non-hydrogen) atoms. The van der Waals surface area contributed by atoms with Gasteiger partial charge in [-0.05, 0) is 41.2 Å². The molecule has 2 aromatic heterocycles. The third-order valence-electron chi connectivity index (χ3n) is 2.40. The number of aromatic nitrogens is 3. The molecule has 0 aliphatic carbocycles. The van der Waals surface area contributed by atoms with Crippen molar-refractivity contribution in [2.24, 2.45) is 0 Å². The average Bonchev–Trinajstić information content (AvgIpc) is 2.88. The van der Waals surface area contributed by atoms with Gasteiger partial charge in [-0.25, -0.2) is 9.67 Å². The molecule has 4 nitrogen and oxygen atoms in total. The summed E-state index contributed by atoms with van der Waals surface area (Å²) >= 11 is 5.27. The third-order valence-corrected chi connectivity index (χ3v) is 4.32. The zero-order valence-electron chi connectivity index (χ0n) is 9.85. The molecule has 0 unspecified atom stereocenters. The first-order valence-electron chi connectivity index (χ1n) is 5.49. The van der Waals surface area contributed by atoms with Crippen molar-refractivity contribution in [3.05, 3.63) is 32.9 Å². The van der Waals surface area contributed by atoms with Crippen LogP contribution in [0, 0.1) is 0 Å². The highest BCUT2D eigenvalue weighted by Crippen LogP contribution is 2.22. The van der Waals surface area contributed by atoms with Gasteiger partial charge in [0.1, 0.15) is 12.2 Å². The Morgan fingerprint density at radius 2 is 2.29 bits per heavy atom. The Labute approximate surface area is 113 Å². The predicted octanol–water partition coefficient (Wildman–Crippen LogP) is 2.97. The summed E-state index contributed by atoms with van der Waals surface area (Å²) in [6, 6.07) is 2.42. The number of hydrogen-bond acceptors (Lipinski definition) is 4. The summed E-state index contributed by atoms with van der Waals surface area (Å²) in [4.78, 5) is 5.57. The summed E-state index contributed by atoms with van der Waals surface area (Å²) in [6.45, 7) is 5.80. The van der Waals surface area contributed by atoms with Crippen LogP contribution in [0.4, 0.5) is 0 Å². The molecular weight excluding hydrogens is 300 g/mol. The minimum Gasteiger partial charge on any atom is -0.305 e. The molecule has 0 atom stereocenters. The zero-order valence-corrected chi connectivity index (χ0v) is 12.3. The first-order valence-corrected chi connectivity index (χ1v) is 7.16. The van der Waals surface area contributed by atoms with E-state index in [9.17, 15) is 0 Å². The first-order chi connectivity index (χ1) is 8.18. The Hall–Kier alpha value is -0.720. The van der Waals surface area contributed by atoms with Crippen molar-refractivity contribution in [2.45, 2.75) is 33.0 Å². The Balaban J connectivity index is 1.90. The maximum Gasteiger partial charge on any atom is 0.141 e. The van der Waals surface area contributed by atoms with E-state index in [1.54, 1.807) is 17.7 Å². The summed E-state index contributed by atoms with van der Waals surface area (Å²) in [7, 11) is 0. The van der Waals surface area contributed by atoms with Gasteiger partial charge in [-0.15, -0.1) is 11.3 Å². The highest BCUT2D eigenvalue weighted by Gasteiger charge is 2.07. The number of halogens is 1. The van der Waals surface area contributed by atoms with Gasteiger partial charge in [0.05, 0.1) is 6.54 Å². The van der Waals surface area contributed by atoms with Gasteiger partial charge in [0.2, 0.25) is 0 Å². The molecule has 0 amide bonds. The molecule has 0 aliphatic heterocycles. The van der Waals surface area contributed by atoms with Gasteiger partial charge < -0.3 is 5.32 Å². The SMILES string of the molecule is CC(C)n1ncnc1CNCc1sccc1Br. The monoisotopic (exact) mass is 314 g/mol. The lowest BCUT2D eigenvalue weighted by Crippen LogP contribution is -2.18. The van der Waals surface area contributed by atoms with Crippen molar-refractivity contribution >= 4 is 27.3 Å². The van der Waals surface area contributed by atoms with Crippen LogP contribution < -0.4 is 5.32 Å². The van der Waals surface area contributed by atoms with Crippen molar-refractivity contribution in [1.29, 1.82) is 0 Å². The largest absolute Gasteiger partial charge is 0.305 e. The fourth-order valence-corrected chi connectivity index (χ4v) is 3.03. The summed E-state index contributed by atoms with van der Waals surface area (Å²) in [5, 5.41) is 9.67. The Morgan fingerprint density at radius 3 is 2.94 bits per heavy atom. The normalized spacial score (nSPS) is 11.3. The standard InChI is InChI=1S/C11H15BrN4S/c1-8(2)16-11(14-7-15-16)6-13-5-10-9(12)3-4-17-10/h3-4,7-8,13H,5-6H2,1-2H3. The van der Waals surface area contributed by atoms with Crippen molar-refractivity contribution in [3.63, 3.8) is 0 Å². The maximum absolute atomic E-state index is 4.26.